The molecule has 0 aliphatic carbocycles. The average molecular weight is 448 g/mol. The van der Waals surface area contributed by atoms with Crippen molar-refractivity contribution in [2.75, 3.05) is 30.4 Å². The number of phenols is 1. The summed E-state index contributed by atoms with van der Waals surface area (Å²) in [5.41, 5.74) is 1.71. The molecule has 1 fully saturated rings. The lowest BCUT2D eigenvalue weighted by Gasteiger charge is -2.29. The van der Waals surface area contributed by atoms with Crippen LogP contribution >= 0.6 is 0 Å². The van der Waals surface area contributed by atoms with Crippen LogP contribution in [0.3, 0.4) is 0 Å². The predicted octanol–water partition coefficient (Wildman–Crippen LogP) is 5.23. The van der Waals surface area contributed by atoms with Gasteiger partial charge in [0.2, 0.25) is 0 Å². The molecule has 4 rings (SSSR count). The lowest BCUT2D eigenvalue weighted by Crippen LogP contribution is -2.29. The minimum absolute atomic E-state index is 0.0690. The molecule has 33 heavy (non-hydrogen) atoms. The van der Waals surface area contributed by atoms with Crippen LogP contribution in [0.1, 0.15) is 40.0 Å². The Morgan fingerprint density at radius 1 is 0.970 bits per heavy atom. The maximum Gasteiger partial charge on any atom is 0.340 e. The van der Waals surface area contributed by atoms with Crippen molar-refractivity contribution in [1.82, 2.24) is 0 Å². The number of piperidine rings is 1. The fraction of sp³-hybridized carbons (Fsp3) is 0.231. The molecule has 3 aromatic rings. The molecule has 1 amide bonds. The van der Waals surface area contributed by atoms with Gasteiger partial charge in [-0.1, -0.05) is 30.3 Å². The zero-order valence-electron chi connectivity index (χ0n) is 18.3. The van der Waals surface area contributed by atoms with Gasteiger partial charge in [-0.3, -0.25) is 4.79 Å². The fourth-order valence-electron chi connectivity index (χ4n) is 4.04. The molecule has 0 atom stereocenters. The second-order valence-electron chi connectivity index (χ2n) is 7.94. The van der Waals surface area contributed by atoms with Gasteiger partial charge in [-0.2, -0.15) is 0 Å². The highest BCUT2D eigenvalue weighted by Gasteiger charge is 2.22. The normalized spacial score (nSPS) is 13.5. The minimum Gasteiger partial charge on any atom is -0.507 e. The van der Waals surface area contributed by atoms with Crippen LogP contribution in [0.2, 0.25) is 0 Å². The smallest absolute Gasteiger partial charge is 0.340 e. The molecule has 1 heterocycles. The van der Waals surface area contributed by atoms with Crippen molar-refractivity contribution in [3.8, 4) is 16.9 Å². The van der Waals surface area contributed by atoms with Crippen LogP contribution in [-0.2, 0) is 4.74 Å². The van der Waals surface area contributed by atoms with E-state index < -0.39 is 17.7 Å². The Bertz CT molecular complexity index is 1170. The topological polar surface area (TPSA) is 78.9 Å². The summed E-state index contributed by atoms with van der Waals surface area (Å²) in [5.74, 6) is -2.19. The third kappa shape index (κ3) is 4.82. The fourth-order valence-corrected chi connectivity index (χ4v) is 4.04. The number of esters is 1. The lowest BCUT2D eigenvalue weighted by atomic mass is 10.0. The number of anilines is 2. The van der Waals surface area contributed by atoms with E-state index in [0.717, 1.165) is 37.7 Å². The summed E-state index contributed by atoms with van der Waals surface area (Å²) in [6.07, 6.45) is 3.32. The van der Waals surface area contributed by atoms with E-state index in [1.165, 1.54) is 25.7 Å². The number of rotatable bonds is 5. The Morgan fingerprint density at radius 2 is 1.70 bits per heavy atom. The van der Waals surface area contributed by atoms with Gasteiger partial charge in [0, 0.05) is 24.3 Å². The molecule has 3 aromatic carbocycles. The van der Waals surface area contributed by atoms with E-state index >= 15 is 0 Å². The van der Waals surface area contributed by atoms with Gasteiger partial charge >= 0.3 is 5.97 Å². The van der Waals surface area contributed by atoms with Crippen molar-refractivity contribution in [1.29, 1.82) is 0 Å². The zero-order chi connectivity index (χ0) is 23.4. The number of carbonyl (C=O) groups excluding carboxylic acids is 2. The second kappa shape index (κ2) is 9.73. The summed E-state index contributed by atoms with van der Waals surface area (Å²) in [6.45, 7) is 1.77. The van der Waals surface area contributed by atoms with E-state index in [2.05, 4.69) is 10.2 Å². The van der Waals surface area contributed by atoms with Gasteiger partial charge in [-0.05, 0) is 55.2 Å². The molecule has 170 valence electrons. The molecule has 2 N–H and O–H groups in total. The molecule has 7 heteroatoms. The predicted molar refractivity (Wildman–Crippen MR) is 125 cm³/mol. The third-order valence-corrected chi connectivity index (χ3v) is 5.79. The Morgan fingerprint density at radius 3 is 2.39 bits per heavy atom. The van der Waals surface area contributed by atoms with Crippen molar-refractivity contribution >= 4 is 23.3 Å². The maximum atomic E-state index is 14.8. The molecular formula is C26H25FN2O4. The summed E-state index contributed by atoms with van der Waals surface area (Å²) in [7, 11) is 1.19. The Labute approximate surface area is 191 Å². The summed E-state index contributed by atoms with van der Waals surface area (Å²) in [4.78, 5) is 27.6. The minimum atomic E-state index is -0.782. The van der Waals surface area contributed by atoms with E-state index in [4.69, 9.17) is 4.74 Å². The van der Waals surface area contributed by atoms with Gasteiger partial charge in [0.05, 0.1) is 23.9 Å². The molecule has 1 aliphatic rings. The molecule has 0 radical (unpaired) electrons. The average Bonchev–Trinajstić information content (AvgIpc) is 2.85. The zero-order valence-corrected chi connectivity index (χ0v) is 18.3. The molecule has 1 aliphatic heterocycles. The van der Waals surface area contributed by atoms with E-state index in [1.54, 1.807) is 36.4 Å². The van der Waals surface area contributed by atoms with Gasteiger partial charge in [0.15, 0.2) is 0 Å². The summed E-state index contributed by atoms with van der Waals surface area (Å²) in [6, 6.07) is 16.2. The van der Waals surface area contributed by atoms with Gasteiger partial charge in [-0.15, -0.1) is 0 Å². The highest BCUT2D eigenvalue weighted by Crippen LogP contribution is 2.31. The van der Waals surface area contributed by atoms with Gasteiger partial charge in [-0.25, -0.2) is 9.18 Å². The van der Waals surface area contributed by atoms with Gasteiger partial charge < -0.3 is 20.1 Å². The van der Waals surface area contributed by atoms with E-state index in [-0.39, 0.29) is 28.1 Å². The van der Waals surface area contributed by atoms with Crippen molar-refractivity contribution in [2.24, 2.45) is 0 Å². The first-order chi connectivity index (χ1) is 16.0. The van der Waals surface area contributed by atoms with Crippen molar-refractivity contribution < 1.29 is 23.8 Å². The number of benzene rings is 3. The number of halogens is 1. The van der Waals surface area contributed by atoms with Gasteiger partial charge in [0.25, 0.3) is 5.91 Å². The van der Waals surface area contributed by atoms with Crippen LogP contribution in [0.5, 0.6) is 5.75 Å². The summed E-state index contributed by atoms with van der Waals surface area (Å²) in [5, 5.41) is 13.0. The van der Waals surface area contributed by atoms with Crippen LogP contribution in [0, 0.1) is 5.82 Å². The number of nitrogens with one attached hydrogen (secondary N) is 1. The first-order valence-electron chi connectivity index (χ1n) is 10.8. The molecule has 0 saturated carbocycles. The summed E-state index contributed by atoms with van der Waals surface area (Å²) < 4.78 is 19.6. The standard InChI is InChI=1S/C26H25FN2O4/c1-33-26(32)20-15-22(27)19(17-8-4-2-5-9-17)16-23(20)28-25(31)21-14-18(10-11-24(21)30)29-12-6-3-7-13-29/h2,4-5,8-11,14-16,30H,3,6-7,12-13H2,1H3,(H,28,31). The van der Waals surface area contributed by atoms with E-state index in [0.29, 0.717) is 5.56 Å². The highest BCUT2D eigenvalue weighted by molar-refractivity contribution is 6.10. The number of methoxy groups -OCH3 is 1. The molecular weight excluding hydrogens is 423 g/mol. The SMILES string of the molecule is COC(=O)c1cc(F)c(-c2ccccc2)cc1NC(=O)c1cc(N2CCCCC2)ccc1O. The van der Waals surface area contributed by atoms with Crippen LogP contribution < -0.4 is 10.2 Å². The number of nitrogens with zero attached hydrogens (tertiary/aromatic N) is 1. The van der Waals surface area contributed by atoms with Crippen LogP contribution in [0.15, 0.2) is 60.7 Å². The number of ether oxygens (including phenoxy) is 1. The Balaban J connectivity index is 1.70. The van der Waals surface area contributed by atoms with Crippen molar-refractivity contribution in [2.45, 2.75) is 19.3 Å². The third-order valence-electron chi connectivity index (χ3n) is 5.79. The largest absolute Gasteiger partial charge is 0.507 e. The molecule has 1 saturated heterocycles. The van der Waals surface area contributed by atoms with Crippen molar-refractivity contribution in [3.05, 3.63) is 77.6 Å². The van der Waals surface area contributed by atoms with Crippen LogP contribution in [-0.4, -0.2) is 37.2 Å². The first-order valence-corrected chi connectivity index (χ1v) is 10.8. The molecule has 0 aromatic heterocycles. The number of phenolic OH excluding ortho intramolecular Hbond substituents is 1. The Kier molecular flexibility index (Phi) is 6.58. The molecule has 0 bridgehead atoms. The first kappa shape index (κ1) is 22.3. The van der Waals surface area contributed by atoms with Crippen LogP contribution in [0.25, 0.3) is 11.1 Å². The lowest BCUT2D eigenvalue weighted by molar-refractivity contribution is 0.0601. The summed E-state index contributed by atoms with van der Waals surface area (Å²) >= 11 is 0. The number of carbonyl (C=O) groups is 2. The number of amides is 1. The van der Waals surface area contributed by atoms with Gasteiger partial charge in [0.1, 0.15) is 11.6 Å². The Hall–Kier alpha value is -3.87. The highest BCUT2D eigenvalue weighted by atomic mass is 19.1. The van der Waals surface area contributed by atoms with E-state index in [9.17, 15) is 19.1 Å². The van der Waals surface area contributed by atoms with Crippen molar-refractivity contribution in [3.63, 3.8) is 0 Å². The number of hydrogen-bond donors (Lipinski definition) is 2. The number of hydrogen-bond acceptors (Lipinski definition) is 5. The number of aromatic hydroxyl groups is 1. The molecule has 0 spiro atoms. The molecule has 0 unspecified atom stereocenters. The second-order valence-corrected chi connectivity index (χ2v) is 7.94. The quantitative estimate of drug-likeness (QED) is 0.523. The molecule has 6 nitrogen and oxygen atoms in total. The van der Waals surface area contributed by atoms with E-state index in [1.807, 2.05) is 6.07 Å². The monoisotopic (exact) mass is 448 g/mol. The maximum absolute atomic E-state index is 14.8. The van der Waals surface area contributed by atoms with Crippen LogP contribution in [0.4, 0.5) is 15.8 Å².